The number of hydrogen-bond acceptors (Lipinski definition) is 5. The number of rotatable bonds is 6. The highest BCUT2D eigenvalue weighted by atomic mass is 16.5. The predicted molar refractivity (Wildman–Crippen MR) is 106 cm³/mol. The number of Topliss-reactive ketones (excluding diaryl/α,β-unsaturated/α-hetero) is 1. The van der Waals surface area contributed by atoms with Crippen molar-refractivity contribution in [2.45, 2.75) is 6.92 Å². The summed E-state index contributed by atoms with van der Waals surface area (Å²) in [6.45, 7) is 1.78. The van der Waals surface area contributed by atoms with Gasteiger partial charge in [-0.3, -0.25) is 9.78 Å². The van der Waals surface area contributed by atoms with Crippen molar-refractivity contribution in [3.8, 4) is 17.2 Å². The molecular weight excluding hydrogens is 342 g/mol. The van der Waals surface area contributed by atoms with Gasteiger partial charge in [-0.05, 0) is 48.4 Å². The Hall–Kier alpha value is -3.34. The maximum absolute atomic E-state index is 12.9. The van der Waals surface area contributed by atoms with E-state index in [0.717, 1.165) is 16.5 Å². The van der Waals surface area contributed by atoms with E-state index in [0.29, 0.717) is 28.4 Å². The first kappa shape index (κ1) is 18.5. The van der Waals surface area contributed by atoms with Crippen LogP contribution in [0.3, 0.4) is 0 Å². The van der Waals surface area contributed by atoms with E-state index in [1.807, 2.05) is 36.4 Å². The molecule has 2 aromatic carbocycles. The number of methoxy groups -OCH3 is 3. The monoisotopic (exact) mass is 363 g/mol. The van der Waals surface area contributed by atoms with Crippen LogP contribution in [-0.4, -0.2) is 32.1 Å². The summed E-state index contributed by atoms with van der Waals surface area (Å²) in [7, 11) is 4.57. The molecule has 0 amide bonds. The van der Waals surface area contributed by atoms with E-state index in [1.165, 1.54) is 21.3 Å². The topological polar surface area (TPSA) is 57.7 Å². The van der Waals surface area contributed by atoms with Gasteiger partial charge in [0.15, 0.2) is 17.3 Å². The summed E-state index contributed by atoms with van der Waals surface area (Å²) in [6, 6.07) is 13.2. The van der Waals surface area contributed by atoms with E-state index in [1.54, 1.807) is 25.3 Å². The van der Waals surface area contributed by atoms with Gasteiger partial charge in [-0.15, -0.1) is 0 Å². The summed E-state index contributed by atoms with van der Waals surface area (Å²) in [4.78, 5) is 17.3. The number of allylic oxidation sites excluding steroid dienone is 1. The molecule has 0 spiro atoms. The lowest BCUT2D eigenvalue weighted by molar-refractivity contribution is 0.103. The Morgan fingerprint density at radius 2 is 1.63 bits per heavy atom. The van der Waals surface area contributed by atoms with Gasteiger partial charge in [0.1, 0.15) is 0 Å². The first-order valence-electron chi connectivity index (χ1n) is 8.45. The quantitative estimate of drug-likeness (QED) is 0.475. The fourth-order valence-electron chi connectivity index (χ4n) is 2.92. The van der Waals surface area contributed by atoms with E-state index in [9.17, 15) is 4.79 Å². The van der Waals surface area contributed by atoms with Crippen molar-refractivity contribution < 1.29 is 19.0 Å². The zero-order chi connectivity index (χ0) is 19.4. The van der Waals surface area contributed by atoms with Crippen LogP contribution in [0.15, 0.2) is 54.2 Å². The zero-order valence-corrected chi connectivity index (χ0v) is 15.8. The van der Waals surface area contributed by atoms with Crippen molar-refractivity contribution in [1.82, 2.24) is 4.98 Å². The minimum Gasteiger partial charge on any atom is -0.493 e. The second kappa shape index (κ2) is 7.91. The SMILES string of the molecule is COc1cc(C(=O)/C(C)=C/c2cnc3ccccc3c2)cc(OC)c1OC. The molecule has 0 saturated heterocycles. The highest BCUT2D eigenvalue weighted by Gasteiger charge is 2.18. The molecule has 0 fully saturated rings. The second-order valence-electron chi connectivity index (χ2n) is 6.03. The molecule has 5 nitrogen and oxygen atoms in total. The molecule has 1 heterocycles. The highest BCUT2D eigenvalue weighted by Crippen LogP contribution is 2.38. The minimum atomic E-state index is -0.123. The molecule has 5 heteroatoms. The van der Waals surface area contributed by atoms with Crippen LogP contribution in [0.4, 0.5) is 0 Å². The molecule has 0 aliphatic rings. The number of aromatic nitrogens is 1. The Kier molecular flexibility index (Phi) is 5.41. The lowest BCUT2D eigenvalue weighted by atomic mass is 10.0. The van der Waals surface area contributed by atoms with Crippen LogP contribution in [0, 0.1) is 0 Å². The normalized spacial score (nSPS) is 11.3. The standard InChI is InChI=1S/C22H21NO4/c1-14(9-15-10-16-7-5-6-8-18(16)23-13-15)21(24)17-11-19(25-2)22(27-4)20(12-17)26-3/h5-13H,1-4H3/b14-9+. The van der Waals surface area contributed by atoms with Crippen molar-refractivity contribution in [2.75, 3.05) is 21.3 Å². The van der Waals surface area contributed by atoms with Gasteiger partial charge < -0.3 is 14.2 Å². The van der Waals surface area contributed by atoms with Gasteiger partial charge in [-0.25, -0.2) is 0 Å². The fourth-order valence-corrected chi connectivity index (χ4v) is 2.92. The second-order valence-corrected chi connectivity index (χ2v) is 6.03. The molecule has 0 atom stereocenters. The van der Waals surface area contributed by atoms with E-state index in [2.05, 4.69) is 4.98 Å². The molecule has 3 aromatic rings. The van der Waals surface area contributed by atoms with E-state index < -0.39 is 0 Å². The Labute approximate surface area is 158 Å². The van der Waals surface area contributed by atoms with Gasteiger partial charge in [-0.2, -0.15) is 0 Å². The van der Waals surface area contributed by atoms with Crippen molar-refractivity contribution >= 4 is 22.8 Å². The number of ketones is 1. The average molecular weight is 363 g/mol. The highest BCUT2D eigenvalue weighted by molar-refractivity contribution is 6.11. The van der Waals surface area contributed by atoms with Gasteiger partial charge in [0, 0.05) is 17.1 Å². The summed E-state index contributed by atoms with van der Waals surface area (Å²) in [5.74, 6) is 1.22. The van der Waals surface area contributed by atoms with Gasteiger partial charge in [0.2, 0.25) is 5.75 Å². The lowest BCUT2D eigenvalue weighted by Gasteiger charge is -2.13. The summed E-state index contributed by atoms with van der Waals surface area (Å²) in [5, 5.41) is 1.03. The number of fused-ring (bicyclic) bond motifs is 1. The molecule has 0 radical (unpaired) electrons. The molecule has 3 rings (SSSR count). The van der Waals surface area contributed by atoms with Gasteiger partial charge >= 0.3 is 0 Å². The number of para-hydroxylation sites is 1. The lowest BCUT2D eigenvalue weighted by Crippen LogP contribution is -2.04. The van der Waals surface area contributed by atoms with Crippen LogP contribution >= 0.6 is 0 Å². The number of carbonyl (C=O) groups excluding carboxylic acids is 1. The average Bonchev–Trinajstić information content (AvgIpc) is 2.71. The fraction of sp³-hybridized carbons (Fsp3) is 0.182. The van der Waals surface area contributed by atoms with Gasteiger partial charge in [0.25, 0.3) is 0 Å². The summed E-state index contributed by atoms with van der Waals surface area (Å²) in [5.41, 5.74) is 2.84. The first-order chi connectivity index (χ1) is 13.1. The number of carbonyl (C=O) groups is 1. The van der Waals surface area contributed by atoms with Crippen molar-refractivity contribution in [2.24, 2.45) is 0 Å². The molecule has 27 heavy (non-hydrogen) atoms. The molecule has 0 aliphatic carbocycles. The number of nitrogens with zero attached hydrogens (tertiary/aromatic N) is 1. The maximum Gasteiger partial charge on any atom is 0.203 e. The summed E-state index contributed by atoms with van der Waals surface area (Å²) >= 11 is 0. The van der Waals surface area contributed by atoms with E-state index >= 15 is 0 Å². The molecule has 0 aliphatic heterocycles. The smallest absolute Gasteiger partial charge is 0.203 e. The molecule has 0 N–H and O–H groups in total. The van der Waals surface area contributed by atoms with Gasteiger partial charge in [-0.1, -0.05) is 18.2 Å². The largest absolute Gasteiger partial charge is 0.493 e. The van der Waals surface area contributed by atoms with E-state index in [-0.39, 0.29) is 5.78 Å². The maximum atomic E-state index is 12.9. The third-order valence-corrected chi connectivity index (χ3v) is 4.28. The third-order valence-electron chi connectivity index (χ3n) is 4.28. The third kappa shape index (κ3) is 3.77. The zero-order valence-electron chi connectivity index (χ0n) is 15.8. The van der Waals surface area contributed by atoms with Crippen LogP contribution < -0.4 is 14.2 Å². The molecule has 0 bridgehead atoms. The van der Waals surface area contributed by atoms with Crippen molar-refractivity contribution in [3.63, 3.8) is 0 Å². The predicted octanol–water partition coefficient (Wildman–Crippen LogP) is 4.55. The van der Waals surface area contributed by atoms with E-state index in [4.69, 9.17) is 14.2 Å². The molecule has 1 aromatic heterocycles. The van der Waals surface area contributed by atoms with Crippen LogP contribution in [0.5, 0.6) is 17.2 Å². The van der Waals surface area contributed by atoms with Crippen LogP contribution in [0.1, 0.15) is 22.8 Å². The molecule has 0 saturated carbocycles. The molecule has 0 unspecified atom stereocenters. The number of hydrogen-bond donors (Lipinski definition) is 0. The molecule has 138 valence electrons. The Bertz CT molecular complexity index is 999. The van der Waals surface area contributed by atoms with Gasteiger partial charge in [0.05, 0.1) is 26.8 Å². The summed E-state index contributed by atoms with van der Waals surface area (Å²) < 4.78 is 16.0. The Balaban J connectivity index is 1.97. The van der Waals surface area contributed by atoms with Crippen LogP contribution in [0.25, 0.3) is 17.0 Å². The number of ether oxygens (including phenoxy) is 3. The Morgan fingerprint density at radius 3 is 2.26 bits per heavy atom. The first-order valence-corrected chi connectivity index (χ1v) is 8.45. The van der Waals surface area contributed by atoms with Crippen molar-refractivity contribution in [3.05, 3.63) is 65.4 Å². The summed E-state index contributed by atoms with van der Waals surface area (Å²) in [6.07, 6.45) is 3.58. The van der Waals surface area contributed by atoms with Crippen molar-refractivity contribution in [1.29, 1.82) is 0 Å². The van der Waals surface area contributed by atoms with Crippen LogP contribution in [0.2, 0.25) is 0 Å². The number of benzene rings is 2. The minimum absolute atomic E-state index is 0.123. The molecular formula is C22H21NO4. The Morgan fingerprint density at radius 1 is 0.963 bits per heavy atom. The van der Waals surface area contributed by atoms with Crippen LogP contribution in [-0.2, 0) is 0 Å². The number of pyridine rings is 1.